The molecular weight excluding hydrogens is 384 g/mol. The molecule has 0 saturated carbocycles. The van der Waals surface area contributed by atoms with Crippen molar-refractivity contribution in [2.24, 2.45) is 4.40 Å². The van der Waals surface area contributed by atoms with Crippen molar-refractivity contribution in [1.82, 2.24) is 4.98 Å². The normalized spacial score (nSPS) is 19.3. The van der Waals surface area contributed by atoms with Crippen LogP contribution in [0.5, 0.6) is 5.75 Å². The molecule has 2 atom stereocenters. The number of thiazole rings is 1. The first-order valence-corrected chi connectivity index (χ1v) is 10.7. The molecule has 1 aliphatic rings. The first-order chi connectivity index (χ1) is 12.8. The fourth-order valence-electron chi connectivity index (χ4n) is 2.48. The fraction of sp³-hybridized carbons (Fsp3) is 0.421. The number of hydrogen-bond donors (Lipinski definition) is 0. The number of benzene rings is 1. The zero-order valence-corrected chi connectivity index (χ0v) is 17.4. The van der Waals surface area contributed by atoms with Gasteiger partial charge in [-0.15, -0.1) is 11.3 Å². The second-order valence-corrected chi connectivity index (χ2v) is 9.79. The molecule has 0 saturated heterocycles. The number of rotatable bonds is 4. The van der Waals surface area contributed by atoms with Gasteiger partial charge in [0.1, 0.15) is 32.6 Å². The summed E-state index contributed by atoms with van der Waals surface area (Å²) in [4.78, 5) is 16.3. The Morgan fingerprint density at radius 1 is 1.44 bits per heavy atom. The van der Waals surface area contributed by atoms with Crippen LogP contribution in [0.1, 0.15) is 61.3 Å². The van der Waals surface area contributed by atoms with Crippen LogP contribution in [0.4, 0.5) is 0 Å². The SMILES string of the molecule is CCOC(=O)c1csc(C2CC(=N[S@+]([O-])C(C)(C)C)c3ccccc3O2)n1. The summed E-state index contributed by atoms with van der Waals surface area (Å²) < 4.78 is 27.7. The van der Waals surface area contributed by atoms with Crippen LogP contribution in [-0.4, -0.2) is 32.6 Å². The van der Waals surface area contributed by atoms with Gasteiger partial charge in [-0.3, -0.25) is 0 Å². The lowest BCUT2D eigenvalue weighted by atomic mass is 10.0. The quantitative estimate of drug-likeness (QED) is 0.564. The molecule has 1 aromatic heterocycles. The average Bonchev–Trinajstić information content (AvgIpc) is 3.11. The van der Waals surface area contributed by atoms with E-state index >= 15 is 0 Å². The molecule has 1 unspecified atom stereocenters. The molecular formula is C19H22N2O4S2. The van der Waals surface area contributed by atoms with Crippen molar-refractivity contribution in [3.05, 3.63) is 45.9 Å². The summed E-state index contributed by atoms with van der Waals surface area (Å²) in [5, 5.41) is 2.34. The van der Waals surface area contributed by atoms with Crippen LogP contribution >= 0.6 is 11.3 Å². The first-order valence-electron chi connectivity index (χ1n) is 8.67. The Morgan fingerprint density at radius 3 is 2.89 bits per heavy atom. The number of nitrogens with zero attached hydrogens (tertiary/aromatic N) is 2. The molecule has 1 aromatic carbocycles. The topological polar surface area (TPSA) is 83.8 Å². The smallest absolute Gasteiger partial charge is 0.357 e. The zero-order valence-electron chi connectivity index (χ0n) is 15.7. The van der Waals surface area contributed by atoms with Crippen LogP contribution in [0.15, 0.2) is 34.0 Å². The van der Waals surface area contributed by atoms with Crippen LogP contribution in [0.25, 0.3) is 0 Å². The summed E-state index contributed by atoms with van der Waals surface area (Å²) in [6.07, 6.45) is 0.0537. The van der Waals surface area contributed by atoms with Crippen LogP contribution < -0.4 is 4.74 Å². The third-order valence-corrected chi connectivity index (χ3v) is 6.22. The molecule has 8 heteroatoms. The van der Waals surface area contributed by atoms with Gasteiger partial charge in [-0.1, -0.05) is 16.5 Å². The van der Waals surface area contributed by atoms with E-state index in [0.29, 0.717) is 23.8 Å². The third kappa shape index (κ3) is 4.51. The highest BCUT2D eigenvalue weighted by molar-refractivity contribution is 7.91. The monoisotopic (exact) mass is 406 g/mol. The summed E-state index contributed by atoms with van der Waals surface area (Å²) in [5.41, 5.74) is 1.84. The van der Waals surface area contributed by atoms with Crippen molar-refractivity contribution < 1.29 is 18.8 Å². The van der Waals surface area contributed by atoms with Crippen LogP contribution in [-0.2, 0) is 16.1 Å². The molecule has 2 aromatic rings. The molecule has 0 amide bonds. The average molecular weight is 407 g/mol. The molecule has 0 spiro atoms. The molecule has 2 heterocycles. The van der Waals surface area contributed by atoms with E-state index in [1.807, 2.05) is 45.0 Å². The molecule has 27 heavy (non-hydrogen) atoms. The standard InChI is InChI=1S/C19H22N2O4S2/c1-5-24-18(22)14-11-26-17(20-14)16-10-13(21-27(23)19(2,3)4)12-8-6-7-9-15(12)25-16/h6-9,11,16H,5,10H2,1-4H3/t16?,27-/m1/s1. The molecule has 144 valence electrons. The second kappa shape index (κ2) is 8.00. The van der Waals surface area contributed by atoms with Crippen molar-refractivity contribution in [3.63, 3.8) is 0 Å². The Labute approximate surface area is 166 Å². The molecule has 6 nitrogen and oxygen atoms in total. The maximum Gasteiger partial charge on any atom is 0.357 e. The van der Waals surface area contributed by atoms with Gasteiger partial charge in [0, 0.05) is 17.4 Å². The Kier molecular flexibility index (Phi) is 5.88. The lowest BCUT2D eigenvalue weighted by Gasteiger charge is -2.26. The Balaban J connectivity index is 1.92. The van der Waals surface area contributed by atoms with Crippen molar-refractivity contribution in [1.29, 1.82) is 0 Å². The Hall–Kier alpha value is -1.90. The zero-order chi connectivity index (χ0) is 19.6. The molecule has 1 aliphatic heterocycles. The largest absolute Gasteiger partial charge is 0.591 e. The van der Waals surface area contributed by atoms with E-state index in [4.69, 9.17) is 9.47 Å². The highest BCUT2D eigenvalue weighted by atomic mass is 32.2. The van der Waals surface area contributed by atoms with E-state index in [2.05, 4.69) is 9.38 Å². The highest BCUT2D eigenvalue weighted by Gasteiger charge is 2.33. The highest BCUT2D eigenvalue weighted by Crippen LogP contribution is 2.37. The molecule has 0 radical (unpaired) electrons. The van der Waals surface area contributed by atoms with Crippen molar-refractivity contribution >= 4 is 34.4 Å². The number of aromatic nitrogens is 1. The first kappa shape index (κ1) is 19.9. The van der Waals surface area contributed by atoms with E-state index < -0.39 is 22.1 Å². The van der Waals surface area contributed by atoms with Gasteiger partial charge in [0.05, 0.1) is 6.61 Å². The lowest BCUT2D eigenvalue weighted by Crippen LogP contribution is -2.29. The summed E-state index contributed by atoms with van der Waals surface area (Å²) in [6.45, 7) is 7.73. The number of carbonyl (C=O) groups excluding carboxylic acids is 1. The van der Waals surface area contributed by atoms with Crippen LogP contribution in [0, 0.1) is 0 Å². The lowest BCUT2D eigenvalue weighted by molar-refractivity contribution is 0.0519. The van der Waals surface area contributed by atoms with E-state index in [9.17, 15) is 9.35 Å². The van der Waals surface area contributed by atoms with Gasteiger partial charge in [0.2, 0.25) is 0 Å². The predicted molar refractivity (Wildman–Crippen MR) is 107 cm³/mol. The van der Waals surface area contributed by atoms with Gasteiger partial charge in [0.15, 0.2) is 11.8 Å². The fourth-order valence-corrected chi connectivity index (χ4v) is 3.95. The summed E-state index contributed by atoms with van der Waals surface area (Å²) in [5.74, 6) is 0.227. The summed E-state index contributed by atoms with van der Waals surface area (Å²) >= 11 is -0.0334. The van der Waals surface area contributed by atoms with E-state index in [-0.39, 0.29) is 11.8 Å². The number of para-hydroxylation sites is 1. The number of esters is 1. The summed E-state index contributed by atoms with van der Waals surface area (Å²) in [6, 6.07) is 7.55. The Morgan fingerprint density at radius 2 is 2.19 bits per heavy atom. The van der Waals surface area contributed by atoms with Crippen molar-refractivity contribution in [2.45, 2.75) is 45.0 Å². The van der Waals surface area contributed by atoms with Gasteiger partial charge in [-0.2, -0.15) is 0 Å². The third-order valence-electron chi connectivity index (χ3n) is 3.84. The van der Waals surface area contributed by atoms with E-state index in [0.717, 1.165) is 11.3 Å². The van der Waals surface area contributed by atoms with Crippen LogP contribution in [0.2, 0.25) is 0 Å². The van der Waals surface area contributed by atoms with Crippen LogP contribution in [0.3, 0.4) is 0 Å². The molecule has 0 aliphatic carbocycles. The second-order valence-electron chi connectivity index (χ2n) is 7.00. The van der Waals surface area contributed by atoms with Gasteiger partial charge < -0.3 is 14.0 Å². The molecule has 0 N–H and O–H groups in total. The van der Waals surface area contributed by atoms with Crippen molar-refractivity contribution in [2.75, 3.05) is 6.61 Å². The maximum atomic E-state index is 12.6. The molecule has 0 bridgehead atoms. The predicted octanol–water partition coefficient (Wildman–Crippen LogP) is 4.09. The van der Waals surface area contributed by atoms with E-state index in [1.165, 1.54) is 11.3 Å². The van der Waals surface area contributed by atoms with E-state index in [1.54, 1.807) is 12.3 Å². The number of fused-ring (bicyclic) bond motifs is 1. The minimum Gasteiger partial charge on any atom is -0.591 e. The maximum absolute atomic E-state index is 12.6. The van der Waals surface area contributed by atoms with Gasteiger partial charge in [0.25, 0.3) is 0 Å². The minimum absolute atomic E-state index is 0.274. The van der Waals surface area contributed by atoms with Gasteiger partial charge in [-0.05, 0) is 39.8 Å². The van der Waals surface area contributed by atoms with Crippen molar-refractivity contribution in [3.8, 4) is 5.75 Å². The number of ether oxygens (including phenoxy) is 2. The minimum atomic E-state index is -1.38. The summed E-state index contributed by atoms with van der Waals surface area (Å²) in [7, 11) is 0. The molecule has 0 fully saturated rings. The Bertz CT molecular complexity index is 857. The molecule has 3 rings (SSSR count). The van der Waals surface area contributed by atoms with Gasteiger partial charge >= 0.3 is 5.97 Å². The number of carbonyl (C=O) groups is 1. The van der Waals surface area contributed by atoms with Gasteiger partial charge in [-0.25, -0.2) is 9.78 Å². The number of hydrogen-bond acceptors (Lipinski definition) is 7.